The Morgan fingerprint density at radius 1 is 1.29 bits per heavy atom. The molecule has 4 nitrogen and oxygen atoms in total. The summed E-state index contributed by atoms with van der Waals surface area (Å²) < 4.78 is 0. The van der Waals surface area contributed by atoms with Gasteiger partial charge in [0, 0.05) is 6.61 Å². The molecule has 4 heteroatoms. The van der Waals surface area contributed by atoms with Gasteiger partial charge in [-0.1, -0.05) is 19.3 Å². The lowest BCUT2D eigenvalue weighted by atomic mass is 9.74. The normalized spacial score (nSPS) is 23.0. The van der Waals surface area contributed by atoms with E-state index in [1.54, 1.807) is 0 Å². The van der Waals surface area contributed by atoms with Gasteiger partial charge >= 0.3 is 5.97 Å². The second kappa shape index (κ2) is 4.75. The zero-order chi connectivity index (χ0) is 10.6. The van der Waals surface area contributed by atoms with Gasteiger partial charge in [-0.05, 0) is 19.3 Å². The number of aliphatic hydroxyl groups excluding tert-OH is 1. The minimum Gasteiger partial charge on any atom is -0.481 e. The van der Waals surface area contributed by atoms with Crippen LogP contribution in [0.1, 0.15) is 38.5 Å². The van der Waals surface area contributed by atoms with Crippen molar-refractivity contribution >= 4 is 5.97 Å². The molecule has 0 amide bonds. The van der Waals surface area contributed by atoms with Crippen molar-refractivity contribution < 1.29 is 20.1 Å². The molecule has 14 heavy (non-hydrogen) atoms. The van der Waals surface area contributed by atoms with Crippen LogP contribution in [-0.2, 0) is 4.79 Å². The van der Waals surface area contributed by atoms with Gasteiger partial charge in [0.2, 0.25) is 0 Å². The molecule has 1 atom stereocenters. The molecule has 1 saturated carbocycles. The van der Waals surface area contributed by atoms with Crippen molar-refractivity contribution in [1.29, 1.82) is 0 Å². The molecule has 1 unspecified atom stereocenters. The first-order valence-electron chi connectivity index (χ1n) is 5.16. The highest BCUT2D eigenvalue weighted by atomic mass is 16.4. The molecule has 0 spiro atoms. The van der Waals surface area contributed by atoms with Gasteiger partial charge in [-0.2, -0.15) is 0 Å². The lowest BCUT2D eigenvalue weighted by Crippen LogP contribution is -2.44. The summed E-state index contributed by atoms with van der Waals surface area (Å²) in [5.41, 5.74) is -1.09. The number of carboxylic acid groups (broad SMARTS) is 1. The van der Waals surface area contributed by atoms with E-state index in [4.69, 9.17) is 10.2 Å². The van der Waals surface area contributed by atoms with Crippen LogP contribution in [0.2, 0.25) is 0 Å². The molecule has 0 aromatic heterocycles. The largest absolute Gasteiger partial charge is 0.481 e. The van der Waals surface area contributed by atoms with Gasteiger partial charge in [-0.25, -0.2) is 0 Å². The standard InChI is InChI=1S/C10H18O4/c11-7-4-8(9(12)13)10(14)5-2-1-3-6-10/h8,11,14H,1-7H2,(H,12,13). The Morgan fingerprint density at radius 3 is 2.29 bits per heavy atom. The van der Waals surface area contributed by atoms with E-state index in [0.29, 0.717) is 12.8 Å². The molecule has 0 aromatic rings. The van der Waals surface area contributed by atoms with Crippen molar-refractivity contribution in [3.05, 3.63) is 0 Å². The molecule has 0 radical (unpaired) electrons. The zero-order valence-electron chi connectivity index (χ0n) is 8.28. The maximum Gasteiger partial charge on any atom is 0.309 e. The zero-order valence-corrected chi connectivity index (χ0v) is 8.28. The average Bonchev–Trinajstić information content (AvgIpc) is 2.14. The van der Waals surface area contributed by atoms with Gasteiger partial charge in [0.1, 0.15) is 0 Å². The van der Waals surface area contributed by atoms with Crippen molar-refractivity contribution in [3.8, 4) is 0 Å². The molecule has 0 heterocycles. The third-order valence-electron chi connectivity index (χ3n) is 3.08. The summed E-state index contributed by atoms with van der Waals surface area (Å²) in [6.45, 7) is -0.181. The van der Waals surface area contributed by atoms with Crippen LogP contribution in [0, 0.1) is 5.92 Å². The van der Waals surface area contributed by atoms with E-state index in [0.717, 1.165) is 19.3 Å². The van der Waals surface area contributed by atoms with E-state index in [2.05, 4.69) is 0 Å². The Balaban J connectivity index is 2.68. The fourth-order valence-corrected chi connectivity index (χ4v) is 2.26. The third kappa shape index (κ3) is 2.45. The molecule has 1 aliphatic rings. The quantitative estimate of drug-likeness (QED) is 0.629. The first-order chi connectivity index (χ1) is 6.60. The fraction of sp³-hybridized carbons (Fsp3) is 0.900. The van der Waals surface area contributed by atoms with Gasteiger partial charge in [0.15, 0.2) is 0 Å². The van der Waals surface area contributed by atoms with Gasteiger partial charge in [0.05, 0.1) is 11.5 Å². The molecular weight excluding hydrogens is 184 g/mol. The van der Waals surface area contributed by atoms with Crippen LogP contribution < -0.4 is 0 Å². The summed E-state index contributed by atoms with van der Waals surface area (Å²) in [6, 6.07) is 0. The van der Waals surface area contributed by atoms with Crippen molar-refractivity contribution in [2.75, 3.05) is 6.61 Å². The average molecular weight is 202 g/mol. The number of aliphatic carboxylic acids is 1. The van der Waals surface area contributed by atoms with Gasteiger partial charge in [-0.15, -0.1) is 0 Å². The lowest BCUT2D eigenvalue weighted by Gasteiger charge is -2.36. The summed E-state index contributed by atoms with van der Waals surface area (Å²) in [6.07, 6.45) is 4.06. The van der Waals surface area contributed by atoms with Crippen LogP contribution in [0.25, 0.3) is 0 Å². The van der Waals surface area contributed by atoms with Crippen molar-refractivity contribution in [1.82, 2.24) is 0 Å². The van der Waals surface area contributed by atoms with E-state index >= 15 is 0 Å². The van der Waals surface area contributed by atoms with Crippen LogP contribution in [0.4, 0.5) is 0 Å². The van der Waals surface area contributed by atoms with E-state index in [1.807, 2.05) is 0 Å². The fourth-order valence-electron chi connectivity index (χ4n) is 2.26. The molecule has 1 fully saturated rings. The summed E-state index contributed by atoms with van der Waals surface area (Å²) in [5.74, 6) is -1.81. The first kappa shape index (κ1) is 11.5. The number of hydrogen-bond donors (Lipinski definition) is 3. The molecular formula is C10H18O4. The molecule has 0 aliphatic heterocycles. The summed E-state index contributed by atoms with van der Waals surface area (Å²) in [7, 11) is 0. The minimum absolute atomic E-state index is 0.145. The highest BCUT2D eigenvalue weighted by Crippen LogP contribution is 2.36. The molecule has 0 bridgehead atoms. The Hall–Kier alpha value is -0.610. The molecule has 1 rings (SSSR count). The van der Waals surface area contributed by atoms with Gasteiger partial charge in [0.25, 0.3) is 0 Å². The lowest BCUT2D eigenvalue weighted by molar-refractivity contribution is -0.156. The smallest absolute Gasteiger partial charge is 0.309 e. The Labute approximate surface area is 83.6 Å². The minimum atomic E-state index is -1.09. The van der Waals surface area contributed by atoms with Gasteiger partial charge < -0.3 is 15.3 Å². The second-order valence-corrected chi connectivity index (χ2v) is 4.07. The molecule has 1 aliphatic carbocycles. The maximum absolute atomic E-state index is 10.9. The Kier molecular flexibility index (Phi) is 3.89. The first-order valence-corrected chi connectivity index (χ1v) is 5.16. The molecule has 0 saturated heterocycles. The molecule has 3 N–H and O–H groups in total. The van der Waals surface area contributed by atoms with E-state index in [9.17, 15) is 9.90 Å². The highest BCUT2D eigenvalue weighted by molar-refractivity contribution is 5.71. The third-order valence-corrected chi connectivity index (χ3v) is 3.08. The predicted octanol–water partition coefficient (Wildman–Crippen LogP) is 0.765. The van der Waals surface area contributed by atoms with Crippen LogP contribution in [-0.4, -0.2) is 33.5 Å². The van der Waals surface area contributed by atoms with Crippen LogP contribution in [0.3, 0.4) is 0 Å². The van der Waals surface area contributed by atoms with Crippen LogP contribution in [0.15, 0.2) is 0 Å². The second-order valence-electron chi connectivity index (χ2n) is 4.07. The van der Waals surface area contributed by atoms with Gasteiger partial charge in [-0.3, -0.25) is 4.79 Å². The van der Waals surface area contributed by atoms with Crippen molar-refractivity contribution in [2.45, 2.75) is 44.1 Å². The topological polar surface area (TPSA) is 77.8 Å². The number of aliphatic hydroxyl groups is 2. The SMILES string of the molecule is O=C(O)C(CCO)C1(O)CCCCC1. The Morgan fingerprint density at radius 2 is 1.86 bits per heavy atom. The summed E-state index contributed by atoms with van der Waals surface area (Å²) in [5, 5.41) is 27.8. The van der Waals surface area contributed by atoms with E-state index < -0.39 is 17.5 Å². The maximum atomic E-state index is 10.9. The number of rotatable bonds is 4. The van der Waals surface area contributed by atoms with Crippen molar-refractivity contribution in [2.24, 2.45) is 5.92 Å². The predicted molar refractivity (Wildman–Crippen MR) is 50.9 cm³/mol. The molecule has 82 valence electrons. The molecule has 0 aromatic carbocycles. The van der Waals surface area contributed by atoms with E-state index in [-0.39, 0.29) is 13.0 Å². The van der Waals surface area contributed by atoms with E-state index in [1.165, 1.54) is 0 Å². The number of hydrogen-bond acceptors (Lipinski definition) is 3. The highest BCUT2D eigenvalue weighted by Gasteiger charge is 2.41. The van der Waals surface area contributed by atoms with Crippen LogP contribution >= 0.6 is 0 Å². The summed E-state index contributed by atoms with van der Waals surface area (Å²) in [4.78, 5) is 10.9. The number of carboxylic acids is 1. The summed E-state index contributed by atoms with van der Waals surface area (Å²) >= 11 is 0. The van der Waals surface area contributed by atoms with Crippen molar-refractivity contribution in [3.63, 3.8) is 0 Å². The number of carbonyl (C=O) groups is 1. The monoisotopic (exact) mass is 202 g/mol. The Bertz CT molecular complexity index is 196. The van der Waals surface area contributed by atoms with Crippen LogP contribution in [0.5, 0.6) is 0 Å².